The van der Waals surface area contributed by atoms with Gasteiger partial charge in [0.1, 0.15) is 11.8 Å². The highest BCUT2D eigenvalue weighted by atomic mass is 16.5. The molecule has 0 saturated carbocycles. The van der Waals surface area contributed by atoms with Gasteiger partial charge in [0.25, 0.3) is 5.91 Å². The molecule has 1 atom stereocenters. The fourth-order valence-corrected chi connectivity index (χ4v) is 3.19. The number of amides is 2. The van der Waals surface area contributed by atoms with Crippen LogP contribution in [0.4, 0.5) is 11.4 Å². The Bertz CT molecular complexity index is 1100. The molecule has 1 aromatic heterocycles. The zero-order chi connectivity index (χ0) is 19.8. The smallest absolute Gasteiger partial charge is 0.265 e. The van der Waals surface area contributed by atoms with E-state index in [0.29, 0.717) is 22.7 Å². The predicted octanol–water partition coefficient (Wildman–Crippen LogP) is 2.52. The maximum atomic E-state index is 12.8. The zero-order valence-corrected chi connectivity index (χ0v) is 15.4. The third-order valence-electron chi connectivity index (χ3n) is 4.72. The maximum Gasteiger partial charge on any atom is 0.265 e. The van der Waals surface area contributed by atoms with Crippen LogP contribution >= 0.6 is 0 Å². The van der Waals surface area contributed by atoms with E-state index in [1.54, 1.807) is 43.5 Å². The first-order chi connectivity index (χ1) is 13.4. The molecule has 8 nitrogen and oxygen atoms in total. The lowest BCUT2D eigenvalue weighted by Crippen LogP contribution is -2.49. The van der Waals surface area contributed by atoms with Gasteiger partial charge in [0.05, 0.1) is 17.4 Å². The van der Waals surface area contributed by atoms with E-state index in [-0.39, 0.29) is 24.2 Å². The van der Waals surface area contributed by atoms with Gasteiger partial charge in [0.2, 0.25) is 5.91 Å². The first-order valence-electron chi connectivity index (χ1n) is 8.78. The third kappa shape index (κ3) is 3.09. The number of hydrogen-bond acceptors (Lipinski definition) is 5. The van der Waals surface area contributed by atoms with Crippen molar-refractivity contribution in [3.8, 4) is 5.75 Å². The number of anilines is 2. The number of nitrogens with zero attached hydrogens (tertiary/aromatic N) is 2. The van der Waals surface area contributed by atoms with Gasteiger partial charge >= 0.3 is 0 Å². The largest absolute Gasteiger partial charge is 0.482 e. The van der Waals surface area contributed by atoms with E-state index >= 15 is 0 Å². The molecule has 0 saturated heterocycles. The van der Waals surface area contributed by atoms with Crippen LogP contribution in [0, 0.1) is 0 Å². The highest BCUT2D eigenvalue weighted by Crippen LogP contribution is 2.34. The van der Waals surface area contributed by atoms with Crippen LogP contribution in [0.25, 0.3) is 10.9 Å². The lowest BCUT2D eigenvalue weighted by atomic mass is 10.1. The van der Waals surface area contributed by atoms with Gasteiger partial charge in [-0.2, -0.15) is 5.10 Å². The molecule has 1 aliphatic rings. The fraction of sp³-hybridized carbons (Fsp3) is 0.200. The number of hydrogen-bond donors (Lipinski definition) is 2. The average molecular weight is 378 g/mol. The van der Waals surface area contributed by atoms with Gasteiger partial charge in [-0.1, -0.05) is 0 Å². The van der Waals surface area contributed by atoms with E-state index < -0.39 is 6.04 Å². The lowest BCUT2D eigenvalue weighted by molar-refractivity contribution is -0.125. The summed E-state index contributed by atoms with van der Waals surface area (Å²) in [5, 5.41) is 10.6. The molecular formula is C20H18N4O4. The summed E-state index contributed by atoms with van der Waals surface area (Å²) in [5.74, 6) is -0.373. The van der Waals surface area contributed by atoms with Crippen molar-refractivity contribution in [2.24, 2.45) is 0 Å². The number of carbonyl (C=O) groups excluding carboxylic acids is 3. The summed E-state index contributed by atoms with van der Waals surface area (Å²) in [6.45, 7) is 2.92. The molecule has 28 heavy (non-hydrogen) atoms. The van der Waals surface area contributed by atoms with Gasteiger partial charge in [-0.05, 0) is 50.2 Å². The highest BCUT2D eigenvalue weighted by Gasteiger charge is 2.33. The summed E-state index contributed by atoms with van der Waals surface area (Å²) in [4.78, 5) is 38.4. The molecule has 0 fully saturated rings. The van der Waals surface area contributed by atoms with Crippen LogP contribution in [0.1, 0.15) is 24.2 Å². The standard InChI is InChI=1S/C20H18N4O4/c1-11(20(27)22-15-5-3-14-9-21-23-16(14)8-15)24-17-7-13(12(2)25)4-6-18(17)28-10-19(24)26/h3-9,11H,10H2,1-2H3,(H,21,23)(H,22,27). The lowest BCUT2D eigenvalue weighted by Gasteiger charge is -2.33. The first-order valence-corrected chi connectivity index (χ1v) is 8.78. The van der Waals surface area contributed by atoms with Crippen LogP contribution in [0.5, 0.6) is 5.75 Å². The SMILES string of the molecule is CC(=O)c1ccc2c(c1)N(C(C)C(=O)Nc1ccc3cn[nH]c3c1)C(=O)CO2. The van der Waals surface area contributed by atoms with Crippen molar-refractivity contribution in [1.29, 1.82) is 0 Å². The minimum Gasteiger partial charge on any atom is -0.482 e. The molecule has 8 heteroatoms. The van der Waals surface area contributed by atoms with Crippen LogP contribution in [0.15, 0.2) is 42.6 Å². The molecule has 4 rings (SSSR count). The molecular weight excluding hydrogens is 360 g/mol. The molecule has 1 aliphatic heterocycles. The van der Waals surface area contributed by atoms with Crippen molar-refractivity contribution in [2.75, 3.05) is 16.8 Å². The number of rotatable bonds is 4. The number of ether oxygens (including phenoxy) is 1. The highest BCUT2D eigenvalue weighted by molar-refractivity contribution is 6.08. The predicted molar refractivity (Wildman–Crippen MR) is 104 cm³/mol. The summed E-state index contributed by atoms with van der Waals surface area (Å²) in [5.41, 5.74) is 2.24. The summed E-state index contributed by atoms with van der Waals surface area (Å²) < 4.78 is 5.44. The third-order valence-corrected chi connectivity index (χ3v) is 4.72. The molecule has 2 N–H and O–H groups in total. The Kier molecular flexibility index (Phi) is 4.31. The number of aromatic nitrogens is 2. The number of fused-ring (bicyclic) bond motifs is 2. The number of aromatic amines is 1. The Morgan fingerprint density at radius 3 is 2.86 bits per heavy atom. The van der Waals surface area contributed by atoms with Crippen molar-refractivity contribution >= 4 is 39.9 Å². The van der Waals surface area contributed by atoms with E-state index in [1.807, 2.05) is 6.07 Å². The minimum atomic E-state index is -0.796. The van der Waals surface area contributed by atoms with Crippen molar-refractivity contribution < 1.29 is 19.1 Å². The second-order valence-corrected chi connectivity index (χ2v) is 6.63. The van der Waals surface area contributed by atoms with Gasteiger partial charge in [0.15, 0.2) is 12.4 Å². The fourth-order valence-electron chi connectivity index (χ4n) is 3.19. The van der Waals surface area contributed by atoms with Crippen LogP contribution in [-0.4, -0.2) is 40.4 Å². The van der Waals surface area contributed by atoms with Gasteiger partial charge in [0, 0.05) is 16.6 Å². The summed E-state index contributed by atoms with van der Waals surface area (Å²) in [6.07, 6.45) is 1.69. The quantitative estimate of drug-likeness (QED) is 0.679. The zero-order valence-electron chi connectivity index (χ0n) is 15.4. The van der Waals surface area contributed by atoms with Gasteiger partial charge in [-0.3, -0.25) is 24.4 Å². The van der Waals surface area contributed by atoms with Crippen molar-refractivity contribution in [2.45, 2.75) is 19.9 Å². The van der Waals surface area contributed by atoms with E-state index in [9.17, 15) is 14.4 Å². The molecule has 2 amide bonds. The second kappa shape index (κ2) is 6.80. The Morgan fingerprint density at radius 1 is 1.25 bits per heavy atom. The van der Waals surface area contributed by atoms with Crippen LogP contribution < -0.4 is 15.0 Å². The van der Waals surface area contributed by atoms with Crippen LogP contribution in [0.3, 0.4) is 0 Å². The Hall–Kier alpha value is -3.68. The molecule has 2 heterocycles. The molecule has 0 spiro atoms. The van der Waals surface area contributed by atoms with Crippen molar-refractivity contribution in [3.63, 3.8) is 0 Å². The topological polar surface area (TPSA) is 104 Å². The van der Waals surface area contributed by atoms with E-state index in [1.165, 1.54) is 11.8 Å². The number of H-pyrrole nitrogens is 1. The number of nitrogens with one attached hydrogen (secondary N) is 2. The van der Waals surface area contributed by atoms with E-state index in [2.05, 4.69) is 15.5 Å². The number of benzene rings is 2. The van der Waals surface area contributed by atoms with Gasteiger partial charge in [-0.15, -0.1) is 0 Å². The Balaban J connectivity index is 1.62. The minimum absolute atomic E-state index is 0.134. The number of Topliss-reactive ketones (excluding diaryl/α,β-unsaturated/α-hetero) is 1. The molecule has 1 unspecified atom stereocenters. The summed E-state index contributed by atoms with van der Waals surface area (Å²) in [7, 11) is 0. The number of carbonyl (C=O) groups is 3. The molecule has 142 valence electrons. The normalized spacial score (nSPS) is 14.4. The van der Waals surface area contributed by atoms with E-state index in [4.69, 9.17) is 4.74 Å². The summed E-state index contributed by atoms with van der Waals surface area (Å²) in [6, 6.07) is 9.45. The Morgan fingerprint density at radius 2 is 2.07 bits per heavy atom. The van der Waals surface area contributed by atoms with Crippen molar-refractivity contribution in [3.05, 3.63) is 48.2 Å². The monoisotopic (exact) mass is 378 g/mol. The van der Waals surface area contributed by atoms with Gasteiger partial charge in [-0.25, -0.2) is 0 Å². The average Bonchev–Trinajstić information content (AvgIpc) is 3.14. The van der Waals surface area contributed by atoms with Crippen molar-refractivity contribution in [1.82, 2.24) is 10.2 Å². The first kappa shape index (κ1) is 17.7. The molecule has 3 aromatic rings. The molecule has 2 aromatic carbocycles. The number of ketones is 1. The summed E-state index contributed by atoms with van der Waals surface area (Å²) >= 11 is 0. The molecule has 0 radical (unpaired) electrons. The van der Waals surface area contributed by atoms with Gasteiger partial charge < -0.3 is 10.1 Å². The van der Waals surface area contributed by atoms with E-state index in [0.717, 1.165) is 10.9 Å². The molecule has 0 bridgehead atoms. The second-order valence-electron chi connectivity index (χ2n) is 6.63. The Labute approximate surface area is 160 Å². The maximum absolute atomic E-state index is 12.8. The molecule has 0 aliphatic carbocycles. The van der Waals surface area contributed by atoms with Crippen LogP contribution in [-0.2, 0) is 9.59 Å². The van der Waals surface area contributed by atoms with Crippen LogP contribution in [0.2, 0.25) is 0 Å².